The molecule has 0 aliphatic carbocycles. The predicted octanol–water partition coefficient (Wildman–Crippen LogP) is 1.05. The van der Waals surface area contributed by atoms with Gasteiger partial charge in [-0.25, -0.2) is 21.6 Å². The first-order valence-corrected chi connectivity index (χ1v) is 11.3. The average molecular weight is 374 g/mol. The van der Waals surface area contributed by atoms with Crippen LogP contribution in [0.15, 0.2) is 34.1 Å². The Kier molecular flexibility index (Phi) is 6.36. The number of halogens is 1. The van der Waals surface area contributed by atoms with Gasteiger partial charge in [-0.2, -0.15) is 0 Å². The lowest BCUT2D eigenvalue weighted by Crippen LogP contribution is -2.27. The van der Waals surface area contributed by atoms with E-state index in [4.69, 9.17) is 10.7 Å². The molecule has 0 fully saturated rings. The molecule has 0 spiro atoms. The van der Waals surface area contributed by atoms with E-state index in [9.17, 15) is 21.0 Å². The van der Waals surface area contributed by atoms with E-state index in [0.29, 0.717) is 6.42 Å². The molecule has 0 saturated heterocycles. The van der Waals surface area contributed by atoms with E-state index in [-0.39, 0.29) is 21.6 Å². The van der Waals surface area contributed by atoms with E-state index < -0.39 is 29.9 Å². The molecule has 21 heavy (non-hydrogen) atoms. The smallest absolute Gasteiger partial charge is 0.260 e. The van der Waals surface area contributed by atoms with Gasteiger partial charge in [0.05, 0.1) is 9.79 Å². The Morgan fingerprint density at radius 2 is 1.81 bits per heavy atom. The predicted molar refractivity (Wildman–Crippen MR) is 82.8 cm³/mol. The summed E-state index contributed by atoms with van der Waals surface area (Å²) in [6.07, 6.45) is 1.96. The maximum Gasteiger partial charge on any atom is 0.261 e. The highest BCUT2D eigenvalue weighted by Gasteiger charge is 2.18. The molecular weight excluding hydrogens is 358 g/mol. The molecule has 6 nitrogen and oxygen atoms in total. The molecule has 10 heteroatoms. The van der Waals surface area contributed by atoms with E-state index in [2.05, 4.69) is 4.72 Å². The van der Waals surface area contributed by atoms with Crippen LogP contribution in [0, 0.1) is 0 Å². The van der Waals surface area contributed by atoms with Crippen molar-refractivity contribution in [2.75, 3.05) is 12.8 Å². The van der Waals surface area contributed by atoms with Crippen molar-refractivity contribution in [1.82, 2.24) is 4.72 Å². The largest absolute Gasteiger partial charge is 0.261 e. The van der Waals surface area contributed by atoms with Gasteiger partial charge in [0.1, 0.15) is 0 Å². The van der Waals surface area contributed by atoms with E-state index in [1.807, 2.05) is 0 Å². The normalized spacial score (nSPS) is 15.6. The van der Waals surface area contributed by atoms with Crippen molar-refractivity contribution in [3.05, 3.63) is 24.3 Å². The topological polar surface area (TPSA) is 97.4 Å². The van der Waals surface area contributed by atoms with Gasteiger partial charge in [0.25, 0.3) is 9.05 Å². The van der Waals surface area contributed by atoms with E-state index in [0.717, 1.165) is 6.07 Å². The number of hydrogen-bond acceptors (Lipinski definition) is 5. The minimum absolute atomic E-state index is 0.112. The molecule has 2 atom stereocenters. The first-order chi connectivity index (χ1) is 9.54. The average Bonchev–Trinajstić information content (AvgIpc) is 2.37. The maximum absolute atomic E-state index is 12.0. The highest BCUT2D eigenvalue weighted by atomic mass is 35.7. The Balaban J connectivity index is 2.87. The van der Waals surface area contributed by atoms with Crippen molar-refractivity contribution in [2.24, 2.45) is 0 Å². The second-order valence-corrected chi connectivity index (χ2v) is 10.5. The summed E-state index contributed by atoms with van der Waals surface area (Å²) in [5.41, 5.74) is 0. The summed E-state index contributed by atoms with van der Waals surface area (Å²) < 4.78 is 60.0. The Bertz CT molecular complexity index is 730. The Labute approximate surface area is 131 Å². The van der Waals surface area contributed by atoms with Gasteiger partial charge in [0.2, 0.25) is 10.0 Å². The molecule has 0 aliphatic rings. The lowest BCUT2D eigenvalue weighted by molar-refractivity contribution is 0.577. The van der Waals surface area contributed by atoms with Gasteiger partial charge < -0.3 is 0 Å². The minimum atomic E-state index is -3.99. The zero-order valence-corrected chi connectivity index (χ0v) is 14.7. The number of rotatable bonds is 7. The van der Waals surface area contributed by atoms with Gasteiger partial charge in [-0.1, -0.05) is 13.0 Å². The molecule has 0 aliphatic heterocycles. The van der Waals surface area contributed by atoms with Crippen molar-refractivity contribution >= 4 is 40.6 Å². The number of sulfonamides is 1. The molecule has 2 unspecified atom stereocenters. The van der Waals surface area contributed by atoms with Crippen molar-refractivity contribution < 1.29 is 21.0 Å². The lowest BCUT2D eigenvalue weighted by atomic mass is 10.3. The molecule has 1 N–H and O–H groups in total. The molecule has 0 amide bonds. The molecule has 0 aromatic heterocycles. The van der Waals surface area contributed by atoms with Crippen LogP contribution in [-0.2, 0) is 29.9 Å². The standard InChI is InChI=1S/C11H16ClNO5S3/c1-9(19(2)14)6-7-13-21(17,18)11-5-3-4-10(8-11)20(12,15)16/h3-5,8-9,13H,6-7H2,1-2H3. The van der Waals surface area contributed by atoms with E-state index >= 15 is 0 Å². The minimum Gasteiger partial charge on any atom is -0.260 e. The second-order valence-electron chi connectivity index (χ2n) is 4.41. The summed E-state index contributed by atoms with van der Waals surface area (Å²) in [4.78, 5) is -0.468. The molecule has 0 radical (unpaired) electrons. The van der Waals surface area contributed by atoms with E-state index in [1.165, 1.54) is 18.2 Å². The zero-order chi connectivity index (χ0) is 16.3. The molecule has 1 aromatic carbocycles. The summed E-state index contributed by atoms with van der Waals surface area (Å²) in [6.45, 7) is 1.87. The third kappa shape index (κ3) is 5.67. The molecule has 0 heterocycles. The molecule has 1 aromatic rings. The van der Waals surface area contributed by atoms with Crippen LogP contribution >= 0.6 is 10.7 Å². The van der Waals surface area contributed by atoms with Crippen molar-refractivity contribution in [2.45, 2.75) is 28.4 Å². The Morgan fingerprint density at radius 3 is 2.33 bits per heavy atom. The molecule has 1 rings (SSSR count). The molecule has 0 saturated carbocycles. The lowest BCUT2D eigenvalue weighted by Gasteiger charge is -2.10. The van der Waals surface area contributed by atoms with Gasteiger partial charge in [-0.05, 0) is 24.6 Å². The first-order valence-electron chi connectivity index (χ1n) is 5.90. The van der Waals surface area contributed by atoms with Crippen molar-refractivity contribution in [3.8, 4) is 0 Å². The number of nitrogens with one attached hydrogen (secondary N) is 1. The van der Waals surface area contributed by atoms with Crippen LogP contribution in [0.2, 0.25) is 0 Å². The number of benzene rings is 1. The van der Waals surface area contributed by atoms with Gasteiger partial charge >= 0.3 is 0 Å². The fraction of sp³-hybridized carbons (Fsp3) is 0.455. The highest BCUT2D eigenvalue weighted by Crippen LogP contribution is 2.19. The number of hydrogen-bond donors (Lipinski definition) is 1. The fourth-order valence-corrected chi connectivity index (χ4v) is 3.85. The van der Waals surface area contributed by atoms with Gasteiger partial charge in [-0.15, -0.1) is 0 Å². The van der Waals surface area contributed by atoms with Crippen LogP contribution in [0.4, 0.5) is 0 Å². The first kappa shape index (κ1) is 18.6. The van der Waals surface area contributed by atoms with Gasteiger partial charge in [0, 0.05) is 39.5 Å². The third-order valence-electron chi connectivity index (χ3n) is 2.81. The molecular formula is C11H16ClNO5S3. The molecule has 120 valence electrons. The van der Waals surface area contributed by atoms with Gasteiger partial charge in [-0.3, -0.25) is 4.21 Å². The maximum atomic E-state index is 12.0. The quantitative estimate of drug-likeness (QED) is 0.720. The zero-order valence-electron chi connectivity index (χ0n) is 11.4. The van der Waals surface area contributed by atoms with E-state index in [1.54, 1.807) is 13.2 Å². The van der Waals surface area contributed by atoms with Crippen LogP contribution in [0.25, 0.3) is 0 Å². The summed E-state index contributed by atoms with van der Waals surface area (Å²) in [6, 6.07) is 4.78. The van der Waals surface area contributed by atoms with Crippen LogP contribution in [0.3, 0.4) is 0 Å². The van der Waals surface area contributed by atoms with Crippen LogP contribution < -0.4 is 4.72 Å². The Hall–Kier alpha value is -0.480. The summed E-state index contributed by atoms with van der Waals surface area (Å²) >= 11 is 0. The van der Waals surface area contributed by atoms with Crippen LogP contribution in [0.5, 0.6) is 0 Å². The van der Waals surface area contributed by atoms with Gasteiger partial charge in [0.15, 0.2) is 0 Å². The SMILES string of the molecule is CC(CCNS(=O)(=O)c1cccc(S(=O)(=O)Cl)c1)S(C)=O. The van der Waals surface area contributed by atoms with Crippen LogP contribution in [0.1, 0.15) is 13.3 Å². The molecule has 0 bridgehead atoms. The van der Waals surface area contributed by atoms with Crippen molar-refractivity contribution in [3.63, 3.8) is 0 Å². The monoisotopic (exact) mass is 373 g/mol. The fourth-order valence-electron chi connectivity index (χ4n) is 1.44. The Morgan fingerprint density at radius 1 is 1.24 bits per heavy atom. The second kappa shape index (κ2) is 7.19. The van der Waals surface area contributed by atoms with Crippen molar-refractivity contribution in [1.29, 1.82) is 0 Å². The summed E-state index contributed by atoms with van der Waals surface area (Å²) in [7, 11) is -3.67. The summed E-state index contributed by atoms with van der Waals surface area (Å²) in [5, 5.41) is -0.137. The summed E-state index contributed by atoms with van der Waals surface area (Å²) in [5.74, 6) is 0. The third-order valence-corrected chi connectivity index (χ3v) is 6.99. The highest BCUT2D eigenvalue weighted by molar-refractivity contribution is 8.13. The van der Waals surface area contributed by atoms with Crippen LogP contribution in [-0.4, -0.2) is 39.1 Å².